The lowest BCUT2D eigenvalue weighted by Crippen LogP contribution is -2.15. The first-order valence-corrected chi connectivity index (χ1v) is 5.19. The van der Waals surface area contributed by atoms with Gasteiger partial charge in [0.1, 0.15) is 0 Å². The van der Waals surface area contributed by atoms with Crippen molar-refractivity contribution in [3.63, 3.8) is 0 Å². The van der Waals surface area contributed by atoms with Crippen molar-refractivity contribution in [1.82, 2.24) is 0 Å². The SMILES string of the molecule is CSCC(C)(C)CBr. The zero-order valence-corrected chi connectivity index (χ0v) is 8.10. The molecule has 0 aliphatic carbocycles. The van der Waals surface area contributed by atoms with Gasteiger partial charge in [0.25, 0.3) is 0 Å². The van der Waals surface area contributed by atoms with Crippen molar-refractivity contribution in [3.05, 3.63) is 0 Å². The van der Waals surface area contributed by atoms with Crippen LogP contribution in [0.2, 0.25) is 0 Å². The topological polar surface area (TPSA) is 0 Å². The summed E-state index contributed by atoms with van der Waals surface area (Å²) in [6, 6.07) is 0. The molecule has 2 heteroatoms. The maximum atomic E-state index is 3.46. The maximum Gasteiger partial charge on any atom is 0.00905 e. The standard InChI is InChI=1S/C6H13BrS/c1-6(2,4-7)5-8-3/h4-5H2,1-3H3. The highest BCUT2D eigenvalue weighted by Gasteiger charge is 2.13. The van der Waals surface area contributed by atoms with Gasteiger partial charge in [-0.05, 0) is 17.4 Å². The van der Waals surface area contributed by atoms with Crippen LogP contribution in [0.15, 0.2) is 0 Å². The lowest BCUT2D eigenvalue weighted by atomic mass is 10.0. The zero-order valence-electron chi connectivity index (χ0n) is 5.70. The highest BCUT2D eigenvalue weighted by Crippen LogP contribution is 2.21. The summed E-state index contributed by atoms with van der Waals surface area (Å²) in [4.78, 5) is 0. The lowest BCUT2D eigenvalue weighted by Gasteiger charge is -2.18. The molecule has 0 N–H and O–H groups in total. The van der Waals surface area contributed by atoms with Gasteiger partial charge in [0.2, 0.25) is 0 Å². The van der Waals surface area contributed by atoms with Crippen LogP contribution < -0.4 is 0 Å². The van der Waals surface area contributed by atoms with Gasteiger partial charge >= 0.3 is 0 Å². The molecule has 0 aliphatic rings. The van der Waals surface area contributed by atoms with E-state index >= 15 is 0 Å². The van der Waals surface area contributed by atoms with Crippen LogP contribution in [0, 0.1) is 5.41 Å². The molecule has 0 aromatic heterocycles. The summed E-state index contributed by atoms with van der Waals surface area (Å²) in [6.07, 6.45) is 2.14. The smallest absolute Gasteiger partial charge is 0.00905 e. The van der Waals surface area contributed by atoms with Crippen LogP contribution >= 0.6 is 27.7 Å². The van der Waals surface area contributed by atoms with E-state index in [9.17, 15) is 0 Å². The van der Waals surface area contributed by atoms with E-state index in [1.54, 1.807) is 0 Å². The molecule has 50 valence electrons. The van der Waals surface area contributed by atoms with Gasteiger partial charge in [-0.1, -0.05) is 29.8 Å². The minimum Gasteiger partial charge on any atom is -0.165 e. The van der Waals surface area contributed by atoms with Crippen molar-refractivity contribution in [2.75, 3.05) is 17.3 Å². The summed E-state index contributed by atoms with van der Waals surface area (Å²) >= 11 is 5.36. The Bertz CT molecular complexity index is 61.5. The van der Waals surface area contributed by atoms with Crippen molar-refractivity contribution in [3.8, 4) is 0 Å². The third-order valence-electron chi connectivity index (χ3n) is 0.897. The Labute approximate surface area is 64.6 Å². The first kappa shape index (κ1) is 8.83. The van der Waals surface area contributed by atoms with E-state index in [-0.39, 0.29) is 0 Å². The summed E-state index contributed by atoms with van der Waals surface area (Å²) in [5.74, 6) is 1.23. The molecule has 0 rings (SSSR count). The Morgan fingerprint density at radius 3 is 2.12 bits per heavy atom. The van der Waals surface area contributed by atoms with Crippen molar-refractivity contribution >= 4 is 27.7 Å². The second kappa shape index (κ2) is 3.78. The van der Waals surface area contributed by atoms with Crippen LogP contribution in [0.5, 0.6) is 0 Å². The van der Waals surface area contributed by atoms with E-state index in [4.69, 9.17) is 0 Å². The Morgan fingerprint density at radius 2 is 2.00 bits per heavy atom. The molecule has 0 aliphatic heterocycles. The fraction of sp³-hybridized carbons (Fsp3) is 1.00. The van der Waals surface area contributed by atoms with Crippen molar-refractivity contribution in [2.45, 2.75) is 13.8 Å². The summed E-state index contributed by atoms with van der Waals surface area (Å²) < 4.78 is 0. The zero-order chi connectivity index (χ0) is 6.62. The molecule has 0 fully saturated rings. The van der Waals surface area contributed by atoms with Crippen LogP contribution in [0.3, 0.4) is 0 Å². The summed E-state index contributed by atoms with van der Waals surface area (Å²) in [5, 5.41) is 1.10. The molecule has 0 spiro atoms. The van der Waals surface area contributed by atoms with Crippen LogP contribution in [0.1, 0.15) is 13.8 Å². The molecule has 0 amide bonds. The third kappa shape index (κ3) is 3.79. The molecule has 0 radical (unpaired) electrons. The fourth-order valence-corrected chi connectivity index (χ4v) is 1.77. The van der Waals surface area contributed by atoms with Crippen molar-refractivity contribution < 1.29 is 0 Å². The molecular weight excluding hydrogens is 184 g/mol. The predicted octanol–water partition coefficient (Wildman–Crippen LogP) is 2.77. The molecule has 0 saturated heterocycles. The number of halogens is 1. The Kier molecular flexibility index (Phi) is 4.17. The Balaban J connectivity index is 3.37. The van der Waals surface area contributed by atoms with Crippen LogP contribution in [-0.2, 0) is 0 Å². The van der Waals surface area contributed by atoms with Crippen LogP contribution in [0.4, 0.5) is 0 Å². The highest BCUT2D eigenvalue weighted by atomic mass is 79.9. The molecule has 0 nitrogen and oxygen atoms in total. The molecule has 0 aromatic carbocycles. The Morgan fingerprint density at radius 1 is 1.50 bits per heavy atom. The second-order valence-corrected chi connectivity index (χ2v) is 4.16. The number of rotatable bonds is 3. The van der Waals surface area contributed by atoms with Crippen LogP contribution in [0.25, 0.3) is 0 Å². The first-order chi connectivity index (χ1) is 3.62. The quantitative estimate of drug-likeness (QED) is 0.627. The van der Waals surface area contributed by atoms with Crippen LogP contribution in [-0.4, -0.2) is 17.3 Å². The van der Waals surface area contributed by atoms with Gasteiger partial charge in [-0.3, -0.25) is 0 Å². The summed E-state index contributed by atoms with van der Waals surface area (Å²) in [7, 11) is 0. The molecule has 0 unspecified atom stereocenters. The second-order valence-electron chi connectivity index (χ2n) is 2.73. The van der Waals surface area contributed by atoms with Gasteiger partial charge in [0, 0.05) is 5.33 Å². The van der Waals surface area contributed by atoms with Crippen molar-refractivity contribution in [2.24, 2.45) is 5.41 Å². The molecule has 0 heterocycles. The lowest BCUT2D eigenvalue weighted by molar-refractivity contribution is 0.496. The van der Waals surface area contributed by atoms with Gasteiger partial charge in [-0.2, -0.15) is 11.8 Å². The third-order valence-corrected chi connectivity index (χ3v) is 3.48. The maximum absolute atomic E-state index is 3.46. The highest BCUT2D eigenvalue weighted by molar-refractivity contribution is 9.09. The van der Waals surface area contributed by atoms with E-state index in [0.29, 0.717) is 5.41 Å². The van der Waals surface area contributed by atoms with Gasteiger partial charge in [0.05, 0.1) is 0 Å². The molecule has 0 bridgehead atoms. The van der Waals surface area contributed by atoms with Crippen molar-refractivity contribution in [1.29, 1.82) is 0 Å². The minimum absolute atomic E-state index is 0.472. The van der Waals surface area contributed by atoms with Gasteiger partial charge in [-0.15, -0.1) is 0 Å². The largest absolute Gasteiger partial charge is 0.165 e. The number of alkyl halides is 1. The molecule has 0 atom stereocenters. The van der Waals surface area contributed by atoms with E-state index in [1.165, 1.54) is 5.75 Å². The monoisotopic (exact) mass is 196 g/mol. The summed E-state index contributed by atoms with van der Waals surface area (Å²) in [6.45, 7) is 4.52. The average molecular weight is 197 g/mol. The number of hydrogen-bond acceptors (Lipinski definition) is 1. The number of hydrogen-bond donors (Lipinski definition) is 0. The van der Waals surface area contributed by atoms with E-state index < -0.39 is 0 Å². The molecule has 8 heavy (non-hydrogen) atoms. The first-order valence-electron chi connectivity index (χ1n) is 2.67. The predicted molar refractivity (Wildman–Crippen MR) is 46.0 cm³/mol. The normalized spacial score (nSPS) is 12.0. The molecule has 0 saturated carbocycles. The van der Waals surface area contributed by atoms with Gasteiger partial charge < -0.3 is 0 Å². The van der Waals surface area contributed by atoms with E-state index in [1.807, 2.05) is 11.8 Å². The number of thioether (sulfide) groups is 1. The molecular formula is C6H13BrS. The average Bonchev–Trinajstić information content (AvgIpc) is 1.67. The fourth-order valence-electron chi connectivity index (χ4n) is 0.429. The van der Waals surface area contributed by atoms with Gasteiger partial charge in [-0.25, -0.2) is 0 Å². The Hall–Kier alpha value is 0.830. The van der Waals surface area contributed by atoms with E-state index in [0.717, 1.165) is 5.33 Å². The molecule has 0 aromatic rings. The minimum atomic E-state index is 0.472. The van der Waals surface area contributed by atoms with E-state index in [2.05, 4.69) is 36.0 Å². The van der Waals surface area contributed by atoms with Gasteiger partial charge in [0.15, 0.2) is 0 Å². The summed E-state index contributed by atoms with van der Waals surface area (Å²) in [5.41, 5.74) is 0.472.